The van der Waals surface area contributed by atoms with Gasteiger partial charge in [0.1, 0.15) is 0 Å². The first kappa shape index (κ1) is 16.6. The number of hydrogen-bond donors (Lipinski definition) is 0. The topological polar surface area (TPSA) is 34.5 Å². The van der Waals surface area contributed by atoms with Crippen molar-refractivity contribution in [2.75, 3.05) is 13.2 Å². The lowest BCUT2D eigenvalue weighted by Crippen LogP contribution is -2.36. The van der Waals surface area contributed by atoms with Crippen LogP contribution >= 0.6 is 0 Å². The van der Waals surface area contributed by atoms with Crippen molar-refractivity contribution in [2.45, 2.75) is 31.9 Å². The molecule has 2 aliphatic rings. The van der Waals surface area contributed by atoms with E-state index >= 15 is 0 Å². The van der Waals surface area contributed by atoms with Crippen LogP contribution in [0.2, 0.25) is 0 Å². The predicted octanol–water partition coefficient (Wildman–Crippen LogP) is 4.21. The third-order valence-electron chi connectivity index (χ3n) is 6.20. The number of para-hydroxylation sites is 1. The Labute approximate surface area is 159 Å². The van der Waals surface area contributed by atoms with Crippen molar-refractivity contribution in [1.29, 1.82) is 0 Å². The average Bonchev–Trinajstić information content (AvgIpc) is 3.36. The molecule has 1 aromatic heterocycles. The molecule has 2 atom stereocenters. The SMILES string of the molecule is Cc1c([C@H]2c3ccccc3C(=O)N2C[C@@H]2CCCO2)c2ccccc2n1C. The van der Waals surface area contributed by atoms with Gasteiger partial charge < -0.3 is 14.2 Å². The van der Waals surface area contributed by atoms with Crippen LogP contribution in [0.3, 0.4) is 0 Å². The Hall–Kier alpha value is -2.59. The van der Waals surface area contributed by atoms with E-state index in [1.54, 1.807) is 0 Å². The van der Waals surface area contributed by atoms with E-state index in [-0.39, 0.29) is 18.1 Å². The minimum Gasteiger partial charge on any atom is -0.376 e. The largest absolute Gasteiger partial charge is 0.376 e. The van der Waals surface area contributed by atoms with Gasteiger partial charge in [-0.3, -0.25) is 4.79 Å². The minimum atomic E-state index is -0.0519. The molecular weight excluding hydrogens is 336 g/mol. The van der Waals surface area contributed by atoms with E-state index < -0.39 is 0 Å². The fraction of sp³-hybridized carbons (Fsp3) is 0.348. The molecule has 27 heavy (non-hydrogen) atoms. The molecular formula is C23H24N2O2. The van der Waals surface area contributed by atoms with Crippen molar-refractivity contribution in [1.82, 2.24) is 9.47 Å². The van der Waals surface area contributed by atoms with Gasteiger partial charge in [0.25, 0.3) is 5.91 Å². The molecule has 0 saturated carbocycles. The summed E-state index contributed by atoms with van der Waals surface area (Å²) >= 11 is 0. The number of aryl methyl sites for hydroxylation is 1. The number of fused-ring (bicyclic) bond motifs is 2. The van der Waals surface area contributed by atoms with Gasteiger partial charge in [0.05, 0.1) is 12.1 Å². The maximum absolute atomic E-state index is 13.3. The van der Waals surface area contributed by atoms with Crippen LogP contribution in [0.15, 0.2) is 48.5 Å². The van der Waals surface area contributed by atoms with Gasteiger partial charge >= 0.3 is 0 Å². The third-order valence-corrected chi connectivity index (χ3v) is 6.20. The van der Waals surface area contributed by atoms with E-state index in [2.05, 4.69) is 48.9 Å². The van der Waals surface area contributed by atoms with Crippen molar-refractivity contribution >= 4 is 16.8 Å². The molecule has 5 rings (SSSR count). The molecule has 3 aromatic rings. The molecule has 0 unspecified atom stereocenters. The average molecular weight is 360 g/mol. The molecule has 1 amide bonds. The summed E-state index contributed by atoms with van der Waals surface area (Å²) in [6.07, 6.45) is 2.25. The minimum absolute atomic E-state index is 0.0519. The Bertz CT molecular complexity index is 1030. The fourth-order valence-corrected chi connectivity index (χ4v) is 4.77. The van der Waals surface area contributed by atoms with Crippen LogP contribution in [-0.4, -0.2) is 34.6 Å². The quantitative estimate of drug-likeness (QED) is 0.701. The van der Waals surface area contributed by atoms with Crippen LogP contribution in [0, 0.1) is 6.92 Å². The second-order valence-electron chi connectivity index (χ2n) is 7.66. The first-order valence-corrected chi connectivity index (χ1v) is 9.72. The van der Waals surface area contributed by atoms with Crippen molar-refractivity contribution in [3.63, 3.8) is 0 Å². The van der Waals surface area contributed by atoms with E-state index in [0.717, 1.165) is 30.6 Å². The van der Waals surface area contributed by atoms with Crippen molar-refractivity contribution in [3.05, 3.63) is 70.9 Å². The first-order chi connectivity index (χ1) is 13.2. The molecule has 1 saturated heterocycles. The Morgan fingerprint density at radius 1 is 1.11 bits per heavy atom. The maximum Gasteiger partial charge on any atom is 0.255 e. The van der Waals surface area contributed by atoms with E-state index in [4.69, 9.17) is 4.74 Å². The number of carbonyl (C=O) groups excluding carboxylic acids is 1. The third kappa shape index (κ3) is 2.43. The molecule has 3 heterocycles. The Kier molecular flexibility index (Phi) is 3.83. The van der Waals surface area contributed by atoms with Crippen LogP contribution < -0.4 is 0 Å². The molecule has 138 valence electrons. The van der Waals surface area contributed by atoms with E-state index in [1.807, 2.05) is 23.1 Å². The van der Waals surface area contributed by atoms with Gasteiger partial charge in [0.15, 0.2) is 0 Å². The molecule has 1 fully saturated rings. The zero-order valence-corrected chi connectivity index (χ0v) is 15.8. The molecule has 0 aliphatic carbocycles. The number of carbonyl (C=O) groups is 1. The van der Waals surface area contributed by atoms with Gasteiger partial charge in [-0.05, 0) is 37.5 Å². The monoisotopic (exact) mass is 360 g/mol. The maximum atomic E-state index is 13.3. The number of aromatic nitrogens is 1. The lowest BCUT2D eigenvalue weighted by atomic mass is 9.95. The van der Waals surface area contributed by atoms with Crippen LogP contribution in [0.4, 0.5) is 0 Å². The standard InChI is InChI=1S/C23H24N2O2/c1-15-21(19-11-5-6-12-20(19)24(15)2)22-17-9-3-4-10-18(17)23(26)25(22)14-16-8-7-13-27-16/h3-6,9-12,16,22H,7-8,13-14H2,1-2H3/t16-,22+/m0/s1. The highest BCUT2D eigenvalue weighted by atomic mass is 16.5. The summed E-state index contributed by atoms with van der Waals surface area (Å²) in [7, 11) is 2.11. The van der Waals surface area contributed by atoms with Crippen molar-refractivity contribution < 1.29 is 9.53 Å². The summed E-state index contributed by atoms with van der Waals surface area (Å²) in [4.78, 5) is 15.3. The highest BCUT2D eigenvalue weighted by Gasteiger charge is 2.41. The molecule has 0 spiro atoms. The number of hydrogen-bond acceptors (Lipinski definition) is 2. The number of ether oxygens (including phenoxy) is 1. The summed E-state index contributed by atoms with van der Waals surface area (Å²) in [5.74, 6) is 0.124. The molecule has 2 aromatic carbocycles. The molecule has 0 bridgehead atoms. The zero-order valence-electron chi connectivity index (χ0n) is 15.8. The molecule has 2 aliphatic heterocycles. The number of benzene rings is 2. The van der Waals surface area contributed by atoms with Crippen LogP contribution in [0.5, 0.6) is 0 Å². The van der Waals surface area contributed by atoms with Crippen molar-refractivity contribution in [3.8, 4) is 0 Å². The molecule has 0 radical (unpaired) electrons. The number of nitrogens with zero attached hydrogens (tertiary/aromatic N) is 2. The highest BCUT2D eigenvalue weighted by Crippen LogP contribution is 2.43. The van der Waals surface area contributed by atoms with Crippen LogP contribution in [0.1, 0.15) is 46.1 Å². The van der Waals surface area contributed by atoms with E-state index in [9.17, 15) is 4.79 Å². The second-order valence-corrected chi connectivity index (χ2v) is 7.66. The van der Waals surface area contributed by atoms with Gasteiger partial charge in [-0.2, -0.15) is 0 Å². The molecule has 4 heteroatoms. The summed E-state index contributed by atoms with van der Waals surface area (Å²) < 4.78 is 8.11. The zero-order chi connectivity index (χ0) is 18.5. The van der Waals surface area contributed by atoms with Gasteiger partial charge in [0.2, 0.25) is 0 Å². The Morgan fingerprint density at radius 3 is 2.70 bits per heavy atom. The summed E-state index contributed by atoms with van der Waals surface area (Å²) in [6.45, 7) is 3.61. The Morgan fingerprint density at radius 2 is 1.89 bits per heavy atom. The highest BCUT2D eigenvalue weighted by molar-refractivity contribution is 6.01. The summed E-state index contributed by atoms with van der Waals surface area (Å²) in [6, 6.07) is 16.5. The van der Waals surface area contributed by atoms with E-state index in [1.165, 1.54) is 22.2 Å². The number of rotatable bonds is 3. The van der Waals surface area contributed by atoms with Gasteiger partial charge in [-0.15, -0.1) is 0 Å². The normalized spacial score (nSPS) is 22.0. The molecule has 4 nitrogen and oxygen atoms in total. The van der Waals surface area contributed by atoms with Crippen LogP contribution in [0.25, 0.3) is 10.9 Å². The van der Waals surface area contributed by atoms with Gasteiger partial charge in [-0.1, -0.05) is 36.4 Å². The van der Waals surface area contributed by atoms with Gasteiger partial charge in [-0.25, -0.2) is 0 Å². The summed E-state index contributed by atoms with van der Waals surface area (Å²) in [5, 5.41) is 1.23. The molecule has 0 N–H and O–H groups in total. The predicted molar refractivity (Wildman–Crippen MR) is 106 cm³/mol. The summed E-state index contributed by atoms with van der Waals surface area (Å²) in [5.41, 5.74) is 5.60. The fourth-order valence-electron chi connectivity index (χ4n) is 4.77. The number of amides is 1. The van der Waals surface area contributed by atoms with Gasteiger partial charge in [0, 0.05) is 47.9 Å². The van der Waals surface area contributed by atoms with Crippen molar-refractivity contribution in [2.24, 2.45) is 7.05 Å². The smallest absolute Gasteiger partial charge is 0.255 e. The van der Waals surface area contributed by atoms with E-state index in [0.29, 0.717) is 6.54 Å². The van der Waals surface area contributed by atoms with Crippen LogP contribution in [-0.2, 0) is 11.8 Å². The lowest BCUT2D eigenvalue weighted by Gasteiger charge is -2.28. The lowest BCUT2D eigenvalue weighted by molar-refractivity contribution is 0.0500. The Balaban J connectivity index is 1.70. The first-order valence-electron chi connectivity index (χ1n) is 9.72. The second kappa shape index (κ2) is 6.24.